The molecule has 2 fully saturated rings. The maximum atomic E-state index is 12.2. The standard InChI is InChI=1S/C19H34N2O3/c1-3-13(2)17(22)12-20-18(23)15-8-10-16(11-9-15)21-19(24)14-6-4-5-7-14/h13-17,22H,3-12H2,1-2H3,(H,20,23)(H,21,24). The number of nitrogens with one attached hydrogen (secondary N) is 2. The van der Waals surface area contributed by atoms with Crippen LogP contribution in [0.15, 0.2) is 0 Å². The third-order valence-corrected chi connectivity index (χ3v) is 5.96. The average Bonchev–Trinajstić information content (AvgIpc) is 3.14. The van der Waals surface area contributed by atoms with Gasteiger partial charge in [-0.05, 0) is 44.4 Å². The largest absolute Gasteiger partial charge is 0.391 e. The summed E-state index contributed by atoms with van der Waals surface area (Å²) in [6, 6.07) is 0.229. The van der Waals surface area contributed by atoms with Crippen LogP contribution in [0.2, 0.25) is 0 Å². The summed E-state index contributed by atoms with van der Waals surface area (Å²) in [4.78, 5) is 24.4. The molecular weight excluding hydrogens is 304 g/mol. The maximum Gasteiger partial charge on any atom is 0.223 e. The fourth-order valence-corrected chi connectivity index (χ4v) is 3.83. The Morgan fingerprint density at radius 3 is 2.17 bits per heavy atom. The zero-order chi connectivity index (χ0) is 17.5. The summed E-state index contributed by atoms with van der Waals surface area (Å²) >= 11 is 0. The molecule has 5 nitrogen and oxygen atoms in total. The van der Waals surface area contributed by atoms with E-state index >= 15 is 0 Å². The van der Waals surface area contributed by atoms with Gasteiger partial charge in [-0.25, -0.2) is 0 Å². The van der Waals surface area contributed by atoms with E-state index in [2.05, 4.69) is 10.6 Å². The molecule has 138 valence electrons. The van der Waals surface area contributed by atoms with Gasteiger partial charge in [0.15, 0.2) is 0 Å². The lowest BCUT2D eigenvalue weighted by atomic mass is 9.85. The van der Waals surface area contributed by atoms with Crippen LogP contribution < -0.4 is 10.6 Å². The molecule has 2 saturated carbocycles. The van der Waals surface area contributed by atoms with E-state index in [0.29, 0.717) is 6.54 Å². The van der Waals surface area contributed by atoms with Gasteiger partial charge in [-0.1, -0.05) is 33.1 Å². The Balaban J connectivity index is 1.66. The molecule has 0 aromatic carbocycles. The molecule has 0 radical (unpaired) electrons. The van der Waals surface area contributed by atoms with E-state index in [0.717, 1.165) is 44.9 Å². The molecule has 2 amide bonds. The summed E-state index contributed by atoms with van der Waals surface area (Å²) in [5, 5.41) is 16.0. The predicted octanol–water partition coefficient (Wildman–Crippen LogP) is 2.37. The van der Waals surface area contributed by atoms with Crippen molar-refractivity contribution < 1.29 is 14.7 Å². The topological polar surface area (TPSA) is 78.4 Å². The van der Waals surface area contributed by atoms with E-state index in [4.69, 9.17) is 0 Å². The van der Waals surface area contributed by atoms with Crippen molar-refractivity contribution in [1.82, 2.24) is 10.6 Å². The lowest BCUT2D eigenvalue weighted by molar-refractivity contribution is -0.127. The van der Waals surface area contributed by atoms with E-state index in [1.54, 1.807) is 0 Å². The maximum absolute atomic E-state index is 12.2. The van der Waals surface area contributed by atoms with Crippen molar-refractivity contribution in [3.63, 3.8) is 0 Å². The SMILES string of the molecule is CCC(C)C(O)CNC(=O)C1CCC(NC(=O)C2CCCC2)CC1. The summed E-state index contributed by atoms with van der Waals surface area (Å²) in [5.41, 5.74) is 0. The van der Waals surface area contributed by atoms with Gasteiger partial charge < -0.3 is 15.7 Å². The number of hydrogen-bond acceptors (Lipinski definition) is 3. The van der Waals surface area contributed by atoms with Crippen LogP contribution in [-0.2, 0) is 9.59 Å². The summed E-state index contributed by atoms with van der Waals surface area (Å²) < 4.78 is 0. The minimum atomic E-state index is -0.471. The normalized spacial score (nSPS) is 27.5. The Kier molecular flexibility index (Phi) is 7.53. The molecule has 0 aromatic heterocycles. The van der Waals surface area contributed by atoms with Crippen LogP contribution in [0.3, 0.4) is 0 Å². The predicted molar refractivity (Wildman–Crippen MR) is 94.3 cm³/mol. The highest BCUT2D eigenvalue weighted by molar-refractivity contribution is 5.80. The molecule has 3 N–H and O–H groups in total. The van der Waals surface area contributed by atoms with Gasteiger partial charge in [-0.2, -0.15) is 0 Å². The third-order valence-electron chi connectivity index (χ3n) is 5.96. The molecular formula is C19H34N2O3. The molecule has 0 aliphatic heterocycles. The molecule has 24 heavy (non-hydrogen) atoms. The highest BCUT2D eigenvalue weighted by Gasteiger charge is 2.30. The van der Waals surface area contributed by atoms with E-state index in [-0.39, 0.29) is 35.6 Å². The molecule has 2 aliphatic carbocycles. The summed E-state index contributed by atoms with van der Waals surface area (Å²) in [7, 11) is 0. The third kappa shape index (κ3) is 5.47. The zero-order valence-corrected chi connectivity index (χ0v) is 15.2. The van der Waals surface area contributed by atoms with Gasteiger partial charge in [0.2, 0.25) is 11.8 Å². The van der Waals surface area contributed by atoms with Crippen molar-refractivity contribution in [3.8, 4) is 0 Å². The van der Waals surface area contributed by atoms with E-state index in [9.17, 15) is 14.7 Å². The minimum Gasteiger partial charge on any atom is -0.391 e. The first-order valence-corrected chi connectivity index (χ1v) is 9.77. The van der Waals surface area contributed by atoms with Gasteiger partial charge in [-0.3, -0.25) is 9.59 Å². The van der Waals surface area contributed by atoms with Gasteiger partial charge in [0.1, 0.15) is 0 Å². The number of amides is 2. The number of aliphatic hydroxyl groups excluding tert-OH is 1. The molecule has 0 aromatic rings. The van der Waals surface area contributed by atoms with Crippen LogP contribution >= 0.6 is 0 Å². The van der Waals surface area contributed by atoms with Gasteiger partial charge in [0, 0.05) is 24.4 Å². The molecule has 2 aliphatic rings. The molecule has 2 atom stereocenters. The molecule has 0 bridgehead atoms. The lowest BCUT2D eigenvalue weighted by Gasteiger charge is -2.29. The van der Waals surface area contributed by atoms with Crippen LogP contribution in [-0.4, -0.2) is 35.6 Å². The summed E-state index contributed by atoms with van der Waals surface area (Å²) in [5.74, 6) is 0.712. The Labute approximate surface area is 146 Å². The first kappa shape index (κ1) is 19.2. The number of carbonyl (C=O) groups is 2. The van der Waals surface area contributed by atoms with Crippen LogP contribution in [0, 0.1) is 17.8 Å². The highest BCUT2D eigenvalue weighted by Crippen LogP contribution is 2.27. The van der Waals surface area contributed by atoms with Gasteiger partial charge >= 0.3 is 0 Å². The molecule has 2 unspecified atom stereocenters. The second-order valence-electron chi connectivity index (χ2n) is 7.74. The monoisotopic (exact) mass is 338 g/mol. The average molecular weight is 338 g/mol. The Hall–Kier alpha value is -1.10. The number of hydrogen-bond donors (Lipinski definition) is 3. The van der Waals surface area contributed by atoms with E-state index in [1.807, 2.05) is 13.8 Å². The summed E-state index contributed by atoms with van der Waals surface area (Å²) in [6.07, 6.45) is 8.24. The van der Waals surface area contributed by atoms with Gasteiger partial charge in [0.25, 0.3) is 0 Å². The fourth-order valence-electron chi connectivity index (χ4n) is 3.83. The van der Waals surface area contributed by atoms with Crippen LogP contribution in [0.4, 0.5) is 0 Å². The van der Waals surface area contributed by atoms with E-state index < -0.39 is 6.10 Å². The van der Waals surface area contributed by atoms with Crippen molar-refractivity contribution in [1.29, 1.82) is 0 Å². The quantitative estimate of drug-likeness (QED) is 0.667. The number of carbonyl (C=O) groups excluding carboxylic acids is 2. The first-order chi connectivity index (χ1) is 11.5. The van der Waals surface area contributed by atoms with Crippen LogP contribution in [0.5, 0.6) is 0 Å². The Morgan fingerprint density at radius 1 is 1.00 bits per heavy atom. The minimum absolute atomic E-state index is 0.0220. The second-order valence-corrected chi connectivity index (χ2v) is 7.74. The highest BCUT2D eigenvalue weighted by atomic mass is 16.3. The Morgan fingerprint density at radius 2 is 1.58 bits per heavy atom. The fraction of sp³-hybridized carbons (Fsp3) is 0.895. The molecule has 2 rings (SSSR count). The van der Waals surface area contributed by atoms with E-state index in [1.165, 1.54) is 12.8 Å². The number of aliphatic hydroxyl groups is 1. The van der Waals surface area contributed by atoms with Crippen molar-refractivity contribution in [2.24, 2.45) is 17.8 Å². The molecule has 5 heteroatoms. The van der Waals surface area contributed by atoms with Gasteiger partial charge in [-0.15, -0.1) is 0 Å². The Bertz CT molecular complexity index is 413. The van der Waals surface area contributed by atoms with Gasteiger partial charge in [0.05, 0.1) is 6.10 Å². The van der Waals surface area contributed by atoms with Crippen molar-refractivity contribution >= 4 is 11.8 Å². The first-order valence-electron chi connectivity index (χ1n) is 9.77. The molecule has 0 saturated heterocycles. The summed E-state index contributed by atoms with van der Waals surface area (Å²) in [6.45, 7) is 4.37. The van der Waals surface area contributed by atoms with Crippen molar-refractivity contribution in [2.45, 2.75) is 83.8 Å². The smallest absolute Gasteiger partial charge is 0.223 e. The van der Waals surface area contributed by atoms with Crippen LogP contribution in [0.25, 0.3) is 0 Å². The lowest BCUT2D eigenvalue weighted by Crippen LogP contribution is -2.44. The second kappa shape index (κ2) is 9.40. The van der Waals surface area contributed by atoms with Crippen molar-refractivity contribution in [3.05, 3.63) is 0 Å². The van der Waals surface area contributed by atoms with Crippen molar-refractivity contribution in [2.75, 3.05) is 6.54 Å². The molecule has 0 spiro atoms. The molecule has 0 heterocycles. The number of rotatable bonds is 7. The zero-order valence-electron chi connectivity index (χ0n) is 15.2. The van der Waals surface area contributed by atoms with Crippen LogP contribution in [0.1, 0.15) is 71.6 Å².